The number of piperidine rings is 1. The lowest BCUT2D eigenvalue weighted by Gasteiger charge is -2.38. The highest BCUT2D eigenvalue weighted by atomic mass is 32.1. The van der Waals surface area contributed by atoms with Gasteiger partial charge in [-0.05, 0) is 25.7 Å². The van der Waals surface area contributed by atoms with Gasteiger partial charge in [0, 0.05) is 43.0 Å². The fourth-order valence-corrected chi connectivity index (χ4v) is 4.48. The number of fused-ring (bicyclic) bond motifs is 1. The molecule has 6 nitrogen and oxygen atoms in total. The van der Waals surface area contributed by atoms with Crippen LogP contribution in [0.1, 0.15) is 17.7 Å². The summed E-state index contributed by atoms with van der Waals surface area (Å²) >= 11 is 1.79. The first kappa shape index (κ1) is 14.7. The van der Waals surface area contributed by atoms with Crippen molar-refractivity contribution in [3.8, 4) is 5.88 Å². The van der Waals surface area contributed by atoms with E-state index in [2.05, 4.69) is 31.7 Å². The standard InChI is InChI=1S/C16H21N5OS/c1-11-9-18-16(23-11)21-8-5-12-4-7-20(10-13(12)21)15-17-6-3-14(19-15)22-2/h3,6,9,12-13H,4-5,7-8,10H2,1-2H3. The molecule has 2 fully saturated rings. The first-order valence-electron chi connectivity index (χ1n) is 8.05. The molecule has 7 heteroatoms. The molecule has 0 bridgehead atoms. The monoisotopic (exact) mass is 331 g/mol. The Balaban J connectivity index is 1.55. The molecule has 0 N–H and O–H groups in total. The molecule has 0 radical (unpaired) electrons. The second-order valence-electron chi connectivity index (χ2n) is 6.20. The summed E-state index contributed by atoms with van der Waals surface area (Å²) in [6, 6.07) is 2.29. The molecule has 0 aliphatic carbocycles. The van der Waals surface area contributed by atoms with Crippen LogP contribution in [0.2, 0.25) is 0 Å². The molecule has 2 unspecified atom stereocenters. The first-order chi connectivity index (χ1) is 11.2. The number of anilines is 2. The number of nitrogens with zero attached hydrogens (tertiary/aromatic N) is 5. The molecule has 2 saturated heterocycles. The van der Waals surface area contributed by atoms with Crippen molar-refractivity contribution in [2.24, 2.45) is 5.92 Å². The molecule has 0 amide bonds. The maximum atomic E-state index is 5.23. The van der Waals surface area contributed by atoms with Crippen LogP contribution >= 0.6 is 11.3 Å². The Morgan fingerprint density at radius 1 is 1.26 bits per heavy atom. The minimum Gasteiger partial charge on any atom is -0.481 e. The highest BCUT2D eigenvalue weighted by Gasteiger charge is 2.40. The fraction of sp³-hybridized carbons (Fsp3) is 0.562. The number of hydrogen-bond donors (Lipinski definition) is 0. The molecule has 2 aromatic heterocycles. The van der Waals surface area contributed by atoms with Crippen molar-refractivity contribution in [1.82, 2.24) is 15.0 Å². The summed E-state index contributed by atoms with van der Waals surface area (Å²) in [5.74, 6) is 2.14. The Morgan fingerprint density at radius 3 is 2.91 bits per heavy atom. The van der Waals surface area contributed by atoms with Crippen LogP contribution in [0.4, 0.5) is 11.1 Å². The van der Waals surface area contributed by atoms with Crippen molar-refractivity contribution in [2.75, 3.05) is 36.5 Å². The Kier molecular flexibility index (Phi) is 3.80. The van der Waals surface area contributed by atoms with E-state index in [9.17, 15) is 0 Å². The summed E-state index contributed by atoms with van der Waals surface area (Å²) in [7, 11) is 1.64. The van der Waals surface area contributed by atoms with Gasteiger partial charge in [0.25, 0.3) is 0 Å². The fourth-order valence-electron chi connectivity index (χ4n) is 3.63. The van der Waals surface area contributed by atoms with Crippen LogP contribution in [0.15, 0.2) is 18.5 Å². The van der Waals surface area contributed by atoms with Crippen LogP contribution in [-0.4, -0.2) is 47.7 Å². The summed E-state index contributed by atoms with van der Waals surface area (Å²) in [6.07, 6.45) is 6.19. The summed E-state index contributed by atoms with van der Waals surface area (Å²) < 4.78 is 5.23. The molecule has 0 aromatic carbocycles. The molecule has 2 aromatic rings. The minimum absolute atomic E-state index is 0.504. The average Bonchev–Trinajstić information content (AvgIpc) is 3.20. The number of methoxy groups -OCH3 is 1. The molecule has 0 spiro atoms. The van der Waals surface area contributed by atoms with E-state index in [1.54, 1.807) is 30.7 Å². The zero-order valence-electron chi connectivity index (χ0n) is 13.5. The molecule has 4 rings (SSSR count). The van der Waals surface area contributed by atoms with Gasteiger partial charge in [-0.25, -0.2) is 9.97 Å². The Morgan fingerprint density at radius 2 is 2.13 bits per heavy atom. The van der Waals surface area contributed by atoms with Crippen molar-refractivity contribution in [3.63, 3.8) is 0 Å². The van der Waals surface area contributed by atoms with Gasteiger partial charge < -0.3 is 14.5 Å². The van der Waals surface area contributed by atoms with Gasteiger partial charge in [0.2, 0.25) is 11.8 Å². The van der Waals surface area contributed by atoms with Crippen LogP contribution in [0, 0.1) is 12.8 Å². The second-order valence-corrected chi connectivity index (χ2v) is 7.41. The topological polar surface area (TPSA) is 54.4 Å². The maximum absolute atomic E-state index is 5.23. The number of ether oxygens (including phenoxy) is 1. The summed E-state index contributed by atoms with van der Waals surface area (Å²) in [5, 5.41) is 1.16. The molecular weight excluding hydrogens is 310 g/mol. The summed E-state index contributed by atoms with van der Waals surface area (Å²) in [5.41, 5.74) is 0. The van der Waals surface area contributed by atoms with Gasteiger partial charge in [0.1, 0.15) is 0 Å². The van der Waals surface area contributed by atoms with Gasteiger partial charge in [-0.15, -0.1) is 11.3 Å². The number of aromatic nitrogens is 3. The lowest BCUT2D eigenvalue weighted by Crippen LogP contribution is -2.48. The highest BCUT2D eigenvalue weighted by Crippen LogP contribution is 2.37. The quantitative estimate of drug-likeness (QED) is 0.860. The predicted molar refractivity (Wildman–Crippen MR) is 91.5 cm³/mol. The Labute approximate surface area is 140 Å². The van der Waals surface area contributed by atoms with E-state index in [-0.39, 0.29) is 0 Å². The lowest BCUT2D eigenvalue weighted by molar-refractivity contribution is 0.379. The number of hydrogen-bond acceptors (Lipinski definition) is 7. The third-order valence-corrected chi connectivity index (χ3v) is 5.78. The smallest absolute Gasteiger partial charge is 0.228 e. The van der Waals surface area contributed by atoms with Crippen LogP contribution in [0.3, 0.4) is 0 Å². The predicted octanol–water partition coefficient (Wildman–Crippen LogP) is 2.36. The van der Waals surface area contributed by atoms with Crippen LogP contribution in [-0.2, 0) is 0 Å². The van der Waals surface area contributed by atoms with E-state index in [1.807, 2.05) is 6.20 Å². The molecule has 2 aliphatic heterocycles. The van der Waals surface area contributed by atoms with Crippen molar-refractivity contribution in [1.29, 1.82) is 0 Å². The zero-order valence-corrected chi connectivity index (χ0v) is 14.3. The van der Waals surface area contributed by atoms with Crippen molar-refractivity contribution in [3.05, 3.63) is 23.3 Å². The third kappa shape index (κ3) is 2.73. The van der Waals surface area contributed by atoms with Crippen LogP contribution < -0.4 is 14.5 Å². The molecule has 0 saturated carbocycles. The Bertz CT molecular complexity index is 691. The van der Waals surface area contributed by atoms with Crippen LogP contribution in [0.25, 0.3) is 0 Å². The van der Waals surface area contributed by atoms with Crippen molar-refractivity contribution in [2.45, 2.75) is 25.8 Å². The van der Waals surface area contributed by atoms with E-state index in [0.717, 1.165) is 36.6 Å². The molecule has 122 valence electrons. The molecule has 23 heavy (non-hydrogen) atoms. The molecule has 4 heterocycles. The van der Waals surface area contributed by atoms with E-state index < -0.39 is 0 Å². The van der Waals surface area contributed by atoms with Gasteiger partial charge in [-0.1, -0.05) is 0 Å². The summed E-state index contributed by atoms with van der Waals surface area (Å²) in [4.78, 5) is 19.5. The first-order valence-corrected chi connectivity index (χ1v) is 8.87. The average molecular weight is 331 g/mol. The minimum atomic E-state index is 0.504. The molecular formula is C16H21N5OS. The largest absolute Gasteiger partial charge is 0.481 e. The van der Waals surface area contributed by atoms with Gasteiger partial charge >= 0.3 is 0 Å². The highest BCUT2D eigenvalue weighted by molar-refractivity contribution is 7.15. The van der Waals surface area contributed by atoms with E-state index in [4.69, 9.17) is 4.74 Å². The lowest BCUT2D eigenvalue weighted by atomic mass is 9.92. The van der Waals surface area contributed by atoms with Gasteiger partial charge in [-0.3, -0.25) is 0 Å². The second kappa shape index (κ2) is 5.96. The van der Waals surface area contributed by atoms with E-state index in [1.165, 1.54) is 17.7 Å². The number of rotatable bonds is 3. The molecule has 2 atom stereocenters. The maximum Gasteiger partial charge on any atom is 0.228 e. The Hall–Kier alpha value is -1.89. The van der Waals surface area contributed by atoms with Gasteiger partial charge in [-0.2, -0.15) is 4.98 Å². The normalized spacial score (nSPS) is 23.9. The number of aryl methyl sites for hydroxylation is 1. The third-order valence-electron chi connectivity index (χ3n) is 4.83. The van der Waals surface area contributed by atoms with Gasteiger partial charge in [0.15, 0.2) is 5.13 Å². The van der Waals surface area contributed by atoms with Crippen molar-refractivity contribution < 1.29 is 4.74 Å². The summed E-state index contributed by atoms with van der Waals surface area (Å²) in [6.45, 7) is 5.19. The molecule has 2 aliphatic rings. The van der Waals surface area contributed by atoms with E-state index in [0.29, 0.717) is 11.9 Å². The van der Waals surface area contributed by atoms with Crippen LogP contribution in [0.5, 0.6) is 5.88 Å². The van der Waals surface area contributed by atoms with Gasteiger partial charge in [0.05, 0.1) is 13.2 Å². The SMILES string of the molecule is COc1ccnc(N2CCC3CCN(c4ncc(C)s4)C3C2)n1. The van der Waals surface area contributed by atoms with Crippen molar-refractivity contribution >= 4 is 22.4 Å². The number of thiazole rings is 1. The zero-order chi connectivity index (χ0) is 15.8. The van der Waals surface area contributed by atoms with E-state index >= 15 is 0 Å².